The number of halogens is 4. The summed E-state index contributed by atoms with van der Waals surface area (Å²) in [5, 5.41) is 18.3. The molecule has 1 aromatic carbocycles. The highest BCUT2D eigenvalue weighted by Gasteiger charge is 2.31. The van der Waals surface area contributed by atoms with Crippen molar-refractivity contribution in [2.45, 2.75) is 31.8 Å². The van der Waals surface area contributed by atoms with Gasteiger partial charge in [0.2, 0.25) is 5.96 Å². The lowest BCUT2D eigenvalue weighted by atomic mass is 10.1. The molecular formula is C19H20F4N6O. The van der Waals surface area contributed by atoms with E-state index in [1.807, 2.05) is 0 Å². The summed E-state index contributed by atoms with van der Waals surface area (Å²) >= 11 is 0. The Labute approximate surface area is 170 Å². The lowest BCUT2D eigenvalue weighted by Crippen LogP contribution is -2.50. The van der Waals surface area contributed by atoms with Crippen LogP contribution in [0.1, 0.15) is 31.1 Å². The minimum atomic E-state index is -4.55. The average Bonchev–Trinajstić information content (AvgIpc) is 2.66. The first-order chi connectivity index (χ1) is 14.0. The fraction of sp³-hybridized carbons (Fsp3) is 0.316. The first-order valence-electron chi connectivity index (χ1n) is 8.93. The second-order valence-electron chi connectivity index (χ2n) is 7.23. The van der Waals surface area contributed by atoms with Gasteiger partial charge in [-0.3, -0.25) is 10.3 Å². The molecule has 3 rings (SSSR count). The minimum Gasteiger partial charge on any atom is -0.389 e. The largest absolute Gasteiger partial charge is 0.417 e. The van der Waals surface area contributed by atoms with Crippen molar-refractivity contribution >= 4 is 17.6 Å². The van der Waals surface area contributed by atoms with Crippen LogP contribution in [0.25, 0.3) is 0 Å². The van der Waals surface area contributed by atoms with Gasteiger partial charge in [-0.1, -0.05) is 18.2 Å². The molecule has 0 radical (unpaired) electrons. The number of guanidine groups is 2. The van der Waals surface area contributed by atoms with E-state index < -0.39 is 29.3 Å². The van der Waals surface area contributed by atoms with Gasteiger partial charge in [0.05, 0.1) is 29.6 Å². The Bertz CT molecular complexity index is 968. The van der Waals surface area contributed by atoms with E-state index in [1.165, 1.54) is 24.4 Å². The van der Waals surface area contributed by atoms with Crippen LogP contribution >= 0.6 is 0 Å². The summed E-state index contributed by atoms with van der Waals surface area (Å²) in [5.74, 6) is -0.303. The molecule has 0 fully saturated rings. The van der Waals surface area contributed by atoms with Gasteiger partial charge >= 0.3 is 6.18 Å². The Morgan fingerprint density at radius 3 is 2.60 bits per heavy atom. The average molecular weight is 424 g/mol. The van der Waals surface area contributed by atoms with E-state index in [1.54, 1.807) is 19.9 Å². The van der Waals surface area contributed by atoms with Gasteiger partial charge in [-0.25, -0.2) is 14.4 Å². The summed E-state index contributed by atoms with van der Waals surface area (Å²) < 4.78 is 53.1. The van der Waals surface area contributed by atoms with Gasteiger partial charge in [0.1, 0.15) is 5.82 Å². The predicted octanol–water partition coefficient (Wildman–Crippen LogP) is 3.03. The molecule has 11 heteroatoms. The Kier molecular flexibility index (Phi) is 5.92. The fourth-order valence-electron chi connectivity index (χ4n) is 2.54. The van der Waals surface area contributed by atoms with E-state index in [0.29, 0.717) is 6.20 Å². The number of pyridine rings is 1. The lowest BCUT2D eigenvalue weighted by molar-refractivity contribution is -0.137. The summed E-state index contributed by atoms with van der Waals surface area (Å²) in [5.41, 5.74) is -1.77. The van der Waals surface area contributed by atoms with Gasteiger partial charge in [0, 0.05) is 11.8 Å². The van der Waals surface area contributed by atoms with Crippen LogP contribution in [-0.4, -0.2) is 34.2 Å². The van der Waals surface area contributed by atoms with Gasteiger partial charge in [-0.15, -0.1) is 0 Å². The topological polar surface area (TPSA) is 93.9 Å². The lowest BCUT2D eigenvalue weighted by Gasteiger charge is -2.27. The maximum absolute atomic E-state index is 14.2. The number of nitrogens with zero attached hydrogens (tertiary/aromatic N) is 3. The number of nitrogens with one attached hydrogen (secondary N) is 3. The second kappa shape index (κ2) is 8.27. The van der Waals surface area contributed by atoms with Crippen molar-refractivity contribution in [1.29, 1.82) is 0 Å². The van der Waals surface area contributed by atoms with Gasteiger partial charge < -0.3 is 15.7 Å². The molecule has 2 aromatic rings. The van der Waals surface area contributed by atoms with Crippen molar-refractivity contribution in [3.63, 3.8) is 0 Å². The molecule has 1 atom stereocenters. The fourth-order valence-corrected chi connectivity index (χ4v) is 2.54. The molecule has 0 spiro atoms. The van der Waals surface area contributed by atoms with Gasteiger partial charge in [-0.2, -0.15) is 13.2 Å². The molecule has 1 aliphatic rings. The molecule has 1 unspecified atom stereocenters. The van der Waals surface area contributed by atoms with E-state index in [-0.39, 0.29) is 29.7 Å². The highest BCUT2D eigenvalue weighted by atomic mass is 19.4. The molecular weight excluding hydrogens is 404 g/mol. The van der Waals surface area contributed by atoms with Crippen LogP contribution in [-0.2, 0) is 6.18 Å². The van der Waals surface area contributed by atoms with Crippen molar-refractivity contribution in [2.75, 3.05) is 11.9 Å². The van der Waals surface area contributed by atoms with Crippen LogP contribution in [0.4, 0.5) is 23.2 Å². The van der Waals surface area contributed by atoms with Gasteiger partial charge in [0.25, 0.3) is 0 Å². The zero-order chi connectivity index (χ0) is 21.9. The third-order valence-corrected chi connectivity index (χ3v) is 3.92. The number of hydrogen-bond acceptors (Lipinski definition) is 5. The van der Waals surface area contributed by atoms with Crippen molar-refractivity contribution in [2.24, 2.45) is 9.98 Å². The normalized spacial score (nSPS) is 18.4. The van der Waals surface area contributed by atoms with Crippen LogP contribution in [0.2, 0.25) is 0 Å². The van der Waals surface area contributed by atoms with E-state index >= 15 is 0 Å². The molecule has 160 valence electrons. The molecule has 0 amide bonds. The standard InChI is InChI=1S/C19H20F4N6O/c1-18(2,30)10-25-16-27-15(13-5-3-4-6-14(13)20)28-17(29-16)26-12-7-11(8-24-9-12)19(21,22)23/h3-9,15,30H,10H2,1-2H3,(H3,25,26,27,28,29). The van der Waals surface area contributed by atoms with Gasteiger partial charge in [0.15, 0.2) is 12.1 Å². The molecule has 1 aliphatic heterocycles. The maximum Gasteiger partial charge on any atom is 0.417 e. The number of aliphatic hydroxyl groups is 1. The quantitative estimate of drug-likeness (QED) is 0.566. The summed E-state index contributed by atoms with van der Waals surface area (Å²) in [7, 11) is 0. The van der Waals surface area contributed by atoms with Gasteiger partial charge in [-0.05, 0) is 26.0 Å². The van der Waals surface area contributed by atoms with E-state index in [0.717, 1.165) is 6.07 Å². The molecule has 0 aliphatic carbocycles. The number of anilines is 1. The van der Waals surface area contributed by atoms with E-state index in [2.05, 4.69) is 30.9 Å². The smallest absolute Gasteiger partial charge is 0.389 e. The Morgan fingerprint density at radius 2 is 1.93 bits per heavy atom. The number of benzene rings is 1. The maximum atomic E-state index is 14.2. The zero-order valence-corrected chi connectivity index (χ0v) is 16.1. The Balaban J connectivity index is 1.91. The second-order valence-corrected chi connectivity index (χ2v) is 7.23. The van der Waals surface area contributed by atoms with E-state index in [9.17, 15) is 22.7 Å². The summed E-state index contributed by atoms with van der Waals surface area (Å²) in [6.45, 7) is 3.15. The van der Waals surface area contributed by atoms with Crippen molar-refractivity contribution < 1.29 is 22.7 Å². The zero-order valence-electron chi connectivity index (χ0n) is 16.1. The number of aliphatic imine (C=N–C) groups is 2. The summed E-state index contributed by atoms with van der Waals surface area (Å²) in [4.78, 5) is 12.1. The molecule has 2 heterocycles. The third-order valence-electron chi connectivity index (χ3n) is 3.92. The van der Waals surface area contributed by atoms with Crippen molar-refractivity contribution in [1.82, 2.24) is 15.6 Å². The van der Waals surface area contributed by atoms with Crippen molar-refractivity contribution in [3.05, 3.63) is 59.7 Å². The highest BCUT2D eigenvalue weighted by Crippen LogP contribution is 2.30. The van der Waals surface area contributed by atoms with Crippen LogP contribution in [0.3, 0.4) is 0 Å². The molecule has 0 saturated carbocycles. The van der Waals surface area contributed by atoms with Crippen LogP contribution in [0.5, 0.6) is 0 Å². The molecule has 0 saturated heterocycles. The molecule has 1 aromatic heterocycles. The molecule has 4 N–H and O–H groups in total. The third kappa shape index (κ3) is 5.66. The van der Waals surface area contributed by atoms with Crippen LogP contribution in [0.15, 0.2) is 52.7 Å². The molecule has 30 heavy (non-hydrogen) atoms. The van der Waals surface area contributed by atoms with Crippen LogP contribution in [0, 0.1) is 5.82 Å². The highest BCUT2D eigenvalue weighted by molar-refractivity contribution is 6.06. The molecule has 7 nitrogen and oxygen atoms in total. The number of alkyl halides is 3. The van der Waals surface area contributed by atoms with E-state index in [4.69, 9.17) is 0 Å². The number of aromatic nitrogens is 1. The Hall–Kier alpha value is -3.21. The summed E-state index contributed by atoms with van der Waals surface area (Å²) in [6, 6.07) is 6.84. The molecule has 0 bridgehead atoms. The van der Waals surface area contributed by atoms with Crippen LogP contribution < -0.4 is 16.0 Å². The van der Waals surface area contributed by atoms with Crippen molar-refractivity contribution in [3.8, 4) is 0 Å². The monoisotopic (exact) mass is 424 g/mol. The first kappa shape index (κ1) is 21.5. The number of hydrogen-bond donors (Lipinski definition) is 4. The predicted molar refractivity (Wildman–Crippen MR) is 104 cm³/mol. The number of rotatable bonds is 4. The summed E-state index contributed by atoms with van der Waals surface area (Å²) in [6.07, 6.45) is -3.54. The first-order valence-corrected chi connectivity index (χ1v) is 8.93. The minimum absolute atomic E-state index is 0.0186. The Morgan fingerprint density at radius 1 is 1.20 bits per heavy atom. The SMILES string of the molecule is CC(C)(O)CN=C1NC(Nc2cncc(C(F)(F)F)c2)=NC(c2ccccc2F)N1.